The van der Waals surface area contributed by atoms with Gasteiger partial charge in [0.15, 0.2) is 0 Å². The second-order valence-corrected chi connectivity index (χ2v) is 5.14. The van der Waals surface area contributed by atoms with Gasteiger partial charge < -0.3 is 5.32 Å². The zero-order valence-electron chi connectivity index (χ0n) is 8.21. The number of amides is 1. The minimum Gasteiger partial charge on any atom is -0.355 e. The molecule has 1 fully saturated rings. The largest absolute Gasteiger partial charge is 0.355 e. The van der Waals surface area contributed by atoms with Crippen molar-refractivity contribution in [3.63, 3.8) is 0 Å². The number of rotatable bonds is 5. The van der Waals surface area contributed by atoms with Crippen molar-refractivity contribution in [1.29, 1.82) is 5.26 Å². The third-order valence-corrected chi connectivity index (χ3v) is 3.16. The van der Waals surface area contributed by atoms with Crippen molar-refractivity contribution >= 4 is 16.7 Å². The number of carbonyl (C=O) groups excluding carboxylic acids is 1. The normalized spacial score (nSPS) is 19.4. The minimum atomic E-state index is -0.804. The Morgan fingerprint density at radius 1 is 1.64 bits per heavy atom. The topological polar surface area (TPSA) is 70.0 Å². The van der Waals surface area contributed by atoms with Gasteiger partial charge in [0.05, 0.1) is 6.07 Å². The van der Waals surface area contributed by atoms with Crippen LogP contribution in [0.4, 0.5) is 0 Å². The van der Waals surface area contributed by atoms with Crippen molar-refractivity contribution in [2.45, 2.75) is 19.3 Å². The van der Waals surface area contributed by atoms with Crippen LogP contribution in [-0.2, 0) is 15.6 Å². The molecule has 0 aliphatic heterocycles. The summed E-state index contributed by atoms with van der Waals surface area (Å²) in [6.07, 6.45) is 3.69. The standard InChI is InChI=1S/C9H14N2O2S/c1-14(13)6-2-5-11-8(12)9(7-10)3-4-9/h2-6H2,1H3,(H,11,12). The molecule has 0 aromatic heterocycles. The van der Waals surface area contributed by atoms with Crippen LogP contribution in [0.1, 0.15) is 19.3 Å². The van der Waals surface area contributed by atoms with Crippen LogP contribution in [0, 0.1) is 16.7 Å². The van der Waals surface area contributed by atoms with Crippen molar-refractivity contribution in [3.05, 3.63) is 0 Å². The van der Waals surface area contributed by atoms with Crippen LogP contribution in [0.3, 0.4) is 0 Å². The molecule has 0 spiro atoms. The van der Waals surface area contributed by atoms with E-state index in [0.29, 0.717) is 31.6 Å². The fraction of sp³-hybridized carbons (Fsp3) is 0.778. The van der Waals surface area contributed by atoms with Crippen LogP contribution in [0.15, 0.2) is 0 Å². The molecule has 1 atom stereocenters. The average molecular weight is 214 g/mol. The van der Waals surface area contributed by atoms with Gasteiger partial charge in [-0.05, 0) is 19.3 Å². The molecular formula is C9H14N2O2S. The average Bonchev–Trinajstić information content (AvgIpc) is 2.92. The van der Waals surface area contributed by atoms with Crippen molar-refractivity contribution in [2.75, 3.05) is 18.6 Å². The first-order chi connectivity index (χ1) is 6.60. The summed E-state index contributed by atoms with van der Waals surface area (Å²) in [6, 6.07) is 2.03. The molecule has 1 N–H and O–H groups in total. The van der Waals surface area contributed by atoms with E-state index in [1.807, 2.05) is 6.07 Å². The van der Waals surface area contributed by atoms with Crippen LogP contribution < -0.4 is 5.32 Å². The molecule has 0 saturated heterocycles. The summed E-state index contributed by atoms with van der Waals surface area (Å²) in [5.74, 6) is 0.432. The summed E-state index contributed by atoms with van der Waals surface area (Å²) in [5.41, 5.74) is -0.731. The van der Waals surface area contributed by atoms with Gasteiger partial charge in [-0.15, -0.1) is 0 Å². The maximum atomic E-state index is 11.4. The molecule has 1 unspecified atom stereocenters. The van der Waals surface area contributed by atoms with Gasteiger partial charge in [0.25, 0.3) is 0 Å². The highest BCUT2D eigenvalue weighted by Crippen LogP contribution is 2.44. The lowest BCUT2D eigenvalue weighted by Gasteiger charge is -2.06. The highest BCUT2D eigenvalue weighted by molar-refractivity contribution is 7.84. The van der Waals surface area contributed by atoms with Crippen molar-refractivity contribution in [1.82, 2.24) is 5.32 Å². The van der Waals surface area contributed by atoms with Crippen LogP contribution in [0.25, 0.3) is 0 Å². The van der Waals surface area contributed by atoms with Gasteiger partial charge in [0.1, 0.15) is 5.41 Å². The molecule has 14 heavy (non-hydrogen) atoms. The fourth-order valence-corrected chi connectivity index (χ4v) is 1.71. The SMILES string of the molecule is CS(=O)CCCNC(=O)C1(C#N)CC1. The van der Waals surface area contributed by atoms with Gasteiger partial charge in [0, 0.05) is 29.4 Å². The Balaban J connectivity index is 2.17. The maximum absolute atomic E-state index is 11.4. The van der Waals surface area contributed by atoms with Crippen molar-refractivity contribution in [2.24, 2.45) is 5.41 Å². The third-order valence-electron chi connectivity index (χ3n) is 2.29. The zero-order chi connectivity index (χ0) is 10.6. The quantitative estimate of drug-likeness (QED) is 0.663. The number of carbonyl (C=O) groups is 1. The maximum Gasteiger partial charge on any atom is 0.240 e. The number of nitrogens with one attached hydrogen (secondary N) is 1. The summed E-state index contributed by atoms with van der Waals surface area (Å²) in [5, 5.41) is 11.4. The van der Waals surface area contributed by atoms with E-state index in [1.165, 1.54) is 0 Å². The third kappa shape index (κ3) is 2.81. The summed E-state index contributed by atoms with van der Waals surface area (Å²) >= 11 is 0. The van der Waals surface area contributed by atoms with Gasteiger partial charge in [-0.25, -0.2) is 0 Å². The molecule has 0 bridgehead atoms. The Morgan fingerprint density at radius 3 is 2.71 bits per heavy atom. The lowest BCUT2D eigenvalue weighted by atomic mass is 10.1. The Morgan fingerprint density at radius 2 is 2.29 bits per heavy atom. The van der Waals surface area contributed by atoms with Crippen LogP contribution >= 0.6 is 0 Å². The van der Waals surface area contributed by atoms with Gasteiger partial charge in [-0.1, -0.05) is 0 Å². The number of hydrogen-bond donors (Lipinski definition) is 1. The number of hydrogen-bond acceptors (Lipinski definition) is 3. The smallest absolute Gasteiger partial charge is 0.240 e. The zero-order valence-corrected chi connectivity index (χ0v) is 9.02. The van der Waals surface area contributed by atoms with Crippen LogP contribution in [-0.4, -0.2) is 28.7 Å². The minimum absolute atomic E-state index is 0.165. The molecule has 1 rings (SSSR count). The number of nitriles is 1. The van der Waals surface area contributed by atoms with E-state index in [2.05, 4.69) is 5.32 Å². The molecule has 1 aliphatic carbocycles. The molecule has 5 heteroatoms. The second-order valence-electron chi connectivity index (χ2n) is 3.58. The van der Waals surface area contributed by atoms with E-state index in [-0.39, 0.29) is 5.91 Å². The highest BCUT2D eigenvalue weighted by Gasteiger charge is 2.50. The predicted molar refractivity (Wildman–Crippen MR) is 53.8 cm³/mol. The van der Waals surface area contributed by atoms with E-state index in [1.54, 1.807) is 6.26 Å². The van der Waals surface area contributed by atoms with Crippen LogP contribution in [0.5, 0.6) is 0 Å². The molecule has 0 aromatic carbocycles. The molecule has 0 aromatic rings. The molecule has 78 valence electrons. The lowest BCUT2D eigenvalue weighted by Crippen LogP contribution is -2.32. The predicted octanol–water partition coefficient (Wildman–Crippen LogP) is 0.175. The van der Waals surface area contributed by atoms with Gasteiger partial charge in [0.2, 0.25) is 5.91 Å². The Bertz CT molecular complexity index is 292. The van der Waals surface area contributed by atoms with Crippen LogP contribution in [0.2, 0.25) is 0 Å². The second kappa shape index (κ2) is 4.56. The molecule has 0 heterocycles. The highest BCUT2D eigenvalue weighted by atomic mass is 32.2. The molecule has 4 nitrogen and oxygen atoms in total. The first-order valence-electron chi connectivity index (χ1n) is 4.60. The Labute approximate surface area is 86.1 Å². The summed E-state index contributed by atoms with van der Waals surface area (Å²) in [4.78, 5) is 11.4. The monoisotopic (exact) mass is 214 g/mol. The van der Waals surface area contributed by atoms with Crippen molar-refractivity contribution < 1.29 is 9.00 Å². The molecule has 1 saturated carbocycles. The molecule has 0 radical (unpaired) electrons. The Kier molecular flexibility index (Phi) is 3.64. The van der Waals surface area contributed by atoms with Gasteiger partial charge in [-0.3, -0.25) is 9.00 Å². The summed E-state index contributed by atoms with van der Waals surface area (Å²) in [7, 11) is -0.804. The molecule has 1 aliphatic rings. The van der Waals surface area contributed by atoms with E-state index in [0.717, 1.165) is 0 Å². The summed E-state index contributed by atoms with van der Waals surface area (Å²) < 4.78 is 10.7. The molecule has 1 amide bonds. The van der Waals surface area contributed by atoms with E-state index >= 15 is 0 Å². The number of nitrogens with zero attached hydrogens (tertiary/aromatic N) is 1. The fourth-order valence-electron chi connectivity index (χ4n) is 1.16. The van der Waals surface area contributed by atoms with Crippen molar-refractivity contribution in [3.8, 4) is 6.07 Å². The van der Waals surface area contributed by atoms with E-state index in [9.17, 15) is 9.00 Å². The first kappa shape index (κ1) is 11.2. The Hall–Kier alpha value is -0.890. The van der Waals surface area contributed by atoms with Gasteiger partial charge >= 0.3 is 0 Å². The molecular weight excluding hydrogens is 200 g/mol. The first-order valence-corrected chi connectivity index (χ1v) is 6.33. The lowest BCUT2D eigenvalue weighted by molar-refractivity contribution is -0.124. The summed E-state index contributed by atoms with van der Waals surface area (Å²) in [6.45, 7) is 0.516. The van der Waals surface area contributed by atoms with E-state index in [4.69, 9.17) is 5.26 Å². The van der Waals surface area contributed by atoms with E-state index < -0.39 is 16.2 Å². The van der Waals surface area contributed by atoms with Gasteiger partial charge in [-0.2, -0.15) is 5.26 Å².